The molecule has 0 fully saturated rings. The number of hydrogen-bond donors (Lipinski definition) is 3. The highest BCUT2D eigenvalue weighted by atomic mass is 16.3. The molecule has 0 radical (unpaired) electrons. The molecule has 3 N–H and O–H groups in total. The number of allylic oxidation sites excluding steroid dienone is 2. The Bertz CT molecular complexity index is 508. The number of rotatable bonds is 30. The van der Waals surface area contributed by atoms with E-state index in [2.05, 4.69) is 31.3 Å². The zero-order valence-electron chi connectivity index (χ0n) is 25.7. The fourth-order valence-electron chi connectivity index (χ4n) is 5.13. The Labute approximate surface area is 237 Å². The molecular weight excluding hydrogens is 470 g/mol. The molecule has 1 amide bonds. The fraction of sp³-hybridized carbons (Fsp3) is 0.912. The van der Waals surface area contributed by atoms with Gasteiger partial charge >= 0.3 is 0 Å². The summed E-state index contributed by atoms with van der Waals surface area (Å²) in [4.78, 5) is 12.2. The first-order chi connectivity index (χ1) is 18.7. The van der Waals surface area contributed by atoms with Gasteiger partial charge in [0.1, 0.15) is 0 Å². The summed E-state index contributed by atoms with van der Waals surface area (Å²) in [5.41, 5.74) is 0. The van der Waals surface area contributed by atoms with Crippen LogP contribution >= 0.6 is 0 Å². The third kappa shape index (κ3) is 26.7. The first-order valence-corrected chi connectivity index (χ1v) is 16.9. The van der Waals surface area contributed by atoms with Gasteiger partial charge in [0.15, 0.2) is 0 Å². The Kier molecular flexibility index (Phi) is 30.0. The van der Waals surface area contributed by atoms with Crippen molar-refractivity contribution in [3.63, 3.8) is 0 Å². The second-order valence-corrected chi connectivity index (χ2v) is 11.6. The van der Waals surface area contributed by atoms with Gasteiger partial charge in [0.05, 0.1) is 18.8 Å². The maximum atomic E-state index is 12.2. The van der Waals surface area contributed by atoms with Crippen molar-refractivity contribution in [3.8, 4) is 0 Å². The largest absolute Gasteiger partial charge is 0.394 e. The van der Waals surface area contributed by atoms with Crippen LogP contribution in [0.3, 0.4) is 0 Å². The molecule has 0 aromatic heterocycles. The molecule has 0 heterocycles. The number of aliphatic hydroxyl groups excluding tert-OH is 2. The molecule has 0 aliphatic carbocycles. The molecule has 0 saturated heterocycles. The number of aliphatic hydroxyl groups is 2. The standard InChI is InChI=1S/C34H67NO3/c1-3-5-7-9-11-13-15-16-17-18-19-20-21-23-25-27-29-33(37)32(31-36)35-34(38)30-28-26-24-22-14-12-10-8-6-4-2/h8,10,32-33,36-37H,3-7,9,11-31H2,1-2H3,(H,35,38)/b10-8-. The van der Waals surface area contributed by atoms with Gasteiger partial charge in [0.2, 0.25) is 5.91 Å². The molecule has 0 bridgehead atoms. The van der Waals surface area contributed by atoms with Gasteiger partial charge in [-0.05, 0) is 32.1 Å². The van der Waals surface area contributed by atoms with Gasteiger partial charge in [-0.1, -0.05) is 154 Å². The molecule has 0 spiro atoms. The summed E-state index contributed by atoms with van der Waals surface area (Å²) in [6, 6.07) is -0.534. The van der Waals surface area contributed by atoms with Crippen LogP contribution < -0.4 is 5.32 Å². The predicted octanol–water partition coefficient (Wildman–Crippen LogP) is 9.56. The van der Waals surface area contributed by atoms with Gasteiger partial charge in [-0.2, -0.15) is 0 Å². The third-order valence-corrected chi connectivity index (χ3v) is 7.76. The average Bonchev–Trinajstić information content (AvgIpc) is 2.92. The smallest absolute Gasteiger partial charge is 0.220 e. The SMILES string of the molecule is CCC/C=C\CCCCCCCC(=O)NC(CO)C(O)CCCCCCCCCCCCCCCCCC. The number of hydrogen-bond acceptors (Lipinski definition) is 3. The Morgan fingerprint density at radius 2 is 1.05 bits per heavy atom. The zero-order chi connectivity index (χ0) is 27.9. The molecule has 4 heteroatoms. The van der Waals surface area contributed by atoms with Crippen molar-refractivity contribution >= 4 is 5.91 Å². The van der Waals surface area contributed by atoms with Crippen molar-refractivity contribution in [2.24, 2.45) is 0 Å². The van der Waals surface area contributed by atoms with E-state index in [1.54, 1.807) is 0 Å². The van der Waals surface area contributed by atoms with E-state index in [0.717, 1.165) is 32.1 Å². The molecule has 0 aliphatic rings. The molecule has 2 atom stereocenters. The highest BCUT2D eigenvalue weighted by Crippen LogP contribution is 2.15. The van der Waals surface area contributed by atoms with Crippen molar-refractivity contribution in [2.75, 3.05) is 6.61 Å². The second kappa shape index (κ2) is 30.7. The van der Waals surface area contributed by atoms with Gasteiger partial charge in [-0.15, -0.1) is 0 Å². The molecule has 0 rings (SSSR count). The Morgan fingerprint density at radius 3 is 1.55 bits per heavy atom. The van der Waals surface area contributed by atoms with Crippen molar-refractivity contribution in [1.82, 2.24) is 5.32 Å². The molecule has 0 saturated carbocycles. The van der Waals surface area contributed by atoms with E-state index in [1.165, 1.54) is 122 Å². The van der Waals surface area contributed by atoms with Gasteiger partial charge in [0.25, 0.3) is 0 Å². The number of unbranched alkanes of at least 4 members (excludes halogenated alkanes) is 21. The van der Waals surface area contributed by atoms with E-state index in [1.807, 2.05) is 0 Å². The highest BCUT2D eigenvalue weighted by Gasteiger charge is 2.19. The lowest BCUT2D eigenvalue weighted by molar-refractivity contribution is -0.123. The zero-order valence-corrected chi connectivity index (χ0v) is 25.7. The van der Waals surface area contributed by atoms with Crippen LogP contribution in [0.2, 0.25) is 0 Å². The Hall–Kier alpha value is -0.870. The maximum Gasteiger partial charge on any atom is 0.220 e. The van der Waals surface area contributed by atoms with Crippen LogP contribution in [0.5, 0.6) is 0 Å². The normalized spacial score (nSPS) is 13.3. The van der Waals surface area contributed by atoms with Gasteiger partial charge in [0, 0.05) is 6.42 Å². The number of amides is 1. The van der Waals surface area contributed by atoms with E-state index in [-0.39, 0.29) is 12.5 Å². The van der Waals surface area contributed by atoms with Crippen molar-refractivity contribution in [1.29, 1.82) is 0 Å². The van der Waals surface area contributed by atoms with Crippen LogP contribution in [0.4, 0.5) is 0 Å². The number of nitrogens with one attached hydrogen (secondary N) is 1. The number of carbonyl (C=O) groups is 1. The molecule has 2 unspecified atom stereocenters. The average molecular weight is 538 g/mol. The molecule has 38 heavy (non-hydrogen) atoms. The summed E-state index contributed by atoms with van der Waals surface area (Å²) < 4.78 is 0. The van der Waals surface area contributed by atoms with Crippen LogP contribution in [0.25, 0.3) is 0 Å². The van der Waals surface area contributed by atoms with Gasteiger partial charge in [-0.25, -0.2) is 0 Å². The first kappa shape index (κ1) is 37.1. The van der Waals surface area contributed by atoms with Gasteiger partial charge < -0.3 is 15.5 Å². The fourth-order valence-corrected chi connectivity index (χ4v) is 5.13. The van der Waals surface area contributed by atoms with E-state index in [9.17, 15) is 15.0 Å². The molecule has 0 aromatic carbocycles. The summed E-state index contributed by atoms with van der Waals surface area (Å²) in [5.74, 6) is -0.0439. The monoisotopic (exact) mass is 538 g/mol. The summed E-state index contributed by atoms with van der Waals surface area (Å²) in [6.07, 6.45) is 35.5. The predicted molar refractivity (Wildman–Crippen MR) is 166 cm³/mol. The minimum absolute atomic E-state index is 0.0439. The molecule has 0 aromatic rings. The van der Waals surface area contributed by atoms with Crippen LogP contribution in [-0.2, 0) is 4.79 Å². The van der Waals surface area contributed by atoms with Crippen LogP contribution in [0, 0.1) is 0 Å². The van der Waals surface area contributed by atoms with Gasteiger partial charge in [-0.3, -0.25) is 4.79 Å². The van der Waals surface area contributed by atoms with Crippen LogP contribution in [0.1, 0.15) is 181 Å². The van der Waals surface area contributed by atoms with E-state index < -0.39 is 12.1 Å². The van der Waals surface area contributed by atoms with E-state index in [0.29, 0.717) is 12.8 Å². The first-order valence-electron chi connectivity index (χ1n) is 16.9. The number of carbonyl (C=O) groups excluding carboxylic acids is 1. The summed E-state index contributed by atoms with van der Waals surface area (Å²) >= 11 is 0. The van der Waals surface area contributed by atoms with E-state index in [4.69, 9.17) is 0 Å². The molecule has 4 nitrogen and oxygen atoms in total. The lowest BCUT2D eigenvalue weighted by Crippen LogP contribution is -2.45. The molecule has 0 aliphatic heterocycles. The minimum atomic E-state index is -0.656. The Balaban J connectivity index is 3.55. The second-order valence-electron chi connectivity index (χ2n) is 11.6. The lowest BCUT2D eigenvalue weighted by Gasteiger charge is -2.22. The topological polar surface area (TPSA) is 69.6 Å². The lowest BCUT2D eigenvalue weighted by atomic mass is 10.0. The summed E-state index contributed by atoms with van der Waals surface area (Å²) in [5, 5.41) is 22.9. The van der Waals surface area contributed by atoms with E-state index >= 15 is 0 Å². The van der Waals surface area contributed by atoms with Crippen LogP contribution in [-0.4, -0.2) is 34.9 Å². The third-order valence-electron chi connectivity index (χ3n) is 7.76. The van der Waals surface area contributed by atoms with Crippen molar-refractivity contribution in [3.05, 3.63) is 12.2 Å². The summed E-state index contributed by atoms with van der Waals surface area (Å²) in [7, 11) is 0. The van der Waals surface area contributed by atoms with Crippen LogP contribution in [0.15, 0.2) is 12.2 Å². The highest BCUT2D eigenvalue weighted by molar-refractivity contribution is 5.76. The quantitative estimate of drug-likeness (QED) is 0.0631. The molecular formula is C34H67NO3. The minimum Gasteiger partial charge on any atom is -0.394 e. The van der Waals surface area contributed by atoms with Crippen molar-refractivity contribution < 1.29 is 15.0 Å². The summed E-state index contributed by atoms with van der Waals surface area (Å²) in [6.45, 7) is 4.28. The maximum absolute atomic E-state index is 12.2. The molecule has 226 valence electrons. The Morgan fingerprint density at radius 1 is 0.605 bits per heavy atom. The van der Waals surface area contributed by atoms with Crippen molar-refractivity contribution in [2.45, 2.75) is 193 Å².